The van der Waals surface area contributed by atoms with E-state index in [9.17, 15) is 0 Å². The Hall–Kier alpha value is -4.18. The number of hydrogen-bond acceptors (Lipinski definition) is 3. The van der Waals surface area contributed by atoms with Crippen LogP contribution in [0, 0.1) is 6.92 Å². The van der Waals surface area contributed by atoms with Crippen molar-refractivity contribution >= 4 is 21.8 Å². The molecule has 0 spiro atoms. The standard InChI is InChI=1S/C27H19N3O/c1-18-17-20(27-29-28-26(31-27)19-9-3-2-4-10-19)15-16-23(18)30-24-13-7-5-11-21(24)22-12-6-8-14-25(22)30/h2-17H,1H3. The van der Waals surface area contributed by atoms with Gasteiger partial charge in [0, 0.05) is 27.6 Å². The van der Waals surface area contributed by atoms with Crippen LogP contribution in [0.1, 0.15) is 5.56 Å². The lowest BCUT2D eigenvalue weighted by molar-refractivity contribution is 0.584. The minimum absolute atomic E-state index is 0.524. The highest BCUT2D eigenvalue weighted by Crippen LogP contribution is 2.34. The SMILES string of the molecule is Cc1cc(-c2nnc(-c3ccccc3)o2)ccc1-n1c2ccccc2c2ccccc21. The van der Waals surface area contributed by atoms with Gasteiger partial charge in [-0.05, 0) is 55.0 Å². The Kier molecular flexibility index (Phi) is 3.96. The number of rotatable bonds is 3. The van der Waals surface area contributed by atoms with Gasteiger partial charge in [-0.1, -0.05) is 54.6 Å². The Labute approximate surface area is 179 Å². The number of hydrogen-bond donors (Lipinski definition) is 0. The van der Waals surface area contributed by atoms with Gasteiger partial charge in [0.15, 0.2) is 0 Å². The van der Waals surface area contributed by atoms with E-state index in [0.717, 1.165) is 22.4 Å². The molecule has 0 radical (unpaired) electrons. The summed E-state index contributed by atoms with van der Waals surface area (Å²) in [5.74, 6) is 1.05. The highest BCUT2D eigenvalue weighted by molar-refractivity contribution is 6.09. The van der Waals surface area contributed by atoms with Crippen LogP contribution in [0.3, 0.4) is 0 Å². The molecule has 0 N–H and O–H groups in total. The van der Waals surface area contributed by atoms with Crippen LogP contribution in [0.4, 0.5) is 0 Å². The van der Waals surface area contributed by atoms with Gasteiger partial charge < -0.3 is 8.98 Å². The first-order chi connectivity index (χ1) is 15.3. The summed E-state index contributed by atoms with van der Waals surface area (Å²) in [4.78, 5) is 0. The lowest BCUT2D eigenvalue weighted by Gasteiger charge is -2.12. The molecule has 0 atom stereocenters. The molecule has 2 heterocycles. The van der Waals surface area contributed by atoms with Gasteiger partial charge in [-0.3, -0.25) is 0 Å². The van der Waals surface area contributed by atoms with E-state index in [4.69, 9.17) is 4.42 Å². The van der Waals surface area contributed by atoms with Crippen LogP contribution >= 0.6 is 0 Å². The summed E-state index contributed by atoms with van der Waals surface area (Å²) in [5.41, 5.74) is 6.51. The number of aryl methyl sites for hydroxylation is 1. The van der Waals surface area contributed by atoms with Gasteiger partial charge in [0.05, 0.1) is 11.0 Å². The van der Waals surface area contributed by atoms with Gasteiger partial charge in [0.1, 0.15) is 0 Å². The average Bonchev–Trinajstić information content (AvgIpc) is 3.44. The lowest BCUT2D eigenvalue weighted by atomic mass is 10.1. The van der Waals surface area contributed by atoms with Gasteiger partial charge >= 0.3 is 0 Å². The highest BCUT2D eigenvalue weighted by Gasteiger charge is 2.15. The predicted octanol–water partition coefficient (Wildman–Crippen LogP) is 6.81. The first-order valence-electron chi connectivity index (χ1n) is 10.3. The van der Waals surface area contributed by atoms with Crippen LogP contribution in [0.5, 0.6) is 0 Å². The van der Waals surface area contributed by atoms with Crippen molar-refractivity contribution in [2.45, 2.75) is 6.92 Å². The molecule has 0 fully saturated rings. The maximum atomic E-state index is 5.95. The monoisotopic (exact) mass is 401 g/mol. The molecule has 4 nitrogen and oxygen atoms in total. The van der Waals surface area contributed by atoms with Crippen LogP contribution in [-0.2, 0) is 0 Å². The second-order valence-electron chi connectivity index (χ2n) is 7.65. The van der Waals surface area contributed by atoms with Crippen molar-refractivity contribution in [3.8, 4) is 28.6 Å². The molecule has 0 aliphatic rings. The molecule has 0 bridgehead atoms. The summed E-state index contributed by atoms with van der Waals surface area (Å²) in [6.07, 6.45) is 0. The third-order valence-corrected chi connectivity index (χ3v) is 5.71. The summed E-state index contributed by atoms with van der Waals surface area (Å²) in [5, 5.41) is 11.0. The molecule has 4 heteroatoms. The number of benzene rings is 4. The van der Waals surface area contributed by atoms with E-state index in [1.807, 2.05) is 36.4 Å². The second-order valence-corrected chi connectivity index (χ2v) is 7.65. The van der Waals surface area contributed by atoms with Gasteiger partial charge in [-0.2, -0.15) is 0 Å². The number of aromatic nitrogens is 3. The van der Waals surface area contributed by atoms with E-state index in [2.05, 4.69) is 82.4 Å². The fourth-order valence-corrected chi connectivity index (χ4v) is 4.26. The lowest BCUT2D eigenvalue weighted by Crippen LogP contribution is -1.97. The first-order valence-corrected chi connectivity index (χ1v) is 10.3. The van der Waals surface area contributed by atoms with Crippen molar-refractivity contribution in [1.29, 1.82) is 0 Å². The zero-order chi connectivity index (χ0) is 20.8. The molecule has 6 aromatic rings. The topological polar surface area (TPSA) is 43.9 Å². The van der Waals surface area contributed by atoms with E-state index in [1.54, 1.807) is 0 Å². The van der Waals surface area contributed by atoms with E-state index in [-0.39, 0.29) is 0 Å². The summed E-state index contributed by atoms with van der Waals surface area (Å²) in [6.45, 7) is 2.12. The first kappa shape index (κ1) is 17.7. The summed E-state index contributed by atoms with van der Waals surface area (Å²) in [7, 11) is 0. The van der Waals surface area contributed by atoms with Crippen molar-refractivity contribution in [3.05, 3.63) is 103 Å². The van der Waals surface area contributed by atoms with Gasteiger partial charge in [-0.15, -0.1) is 10.2 Å². The van der Waals surface area contributed by atoms with Crippen molar-refractivity contribution in [2.24, 2.45) is 0 Å². The second kappa shape index (κ2) is 6.96. The van der Waals surface area contributed by atoms with Crippen LogP contribution in [-0.4, -0.2) is 14.8 Å². The van der Waals surface area contributed by atoms with E-state index < -0.39 is 0 Å². The van der Waals surface area contributed by atoms with Gasteiger partial charge in [0.2, 0.25) is 11.8 Å². The quantitative estimate of drug-likeness (QED) is 0.327. The number of para-hydroxylation sites is 2. The third kappa shape index (κ3) is 2.84. The van der Waals surface area contributed by atoms with Crippen LogP contribution in [0.2, 0.25) is 0 Å². The molecule has 4 aromatic carbocycles. The van der Waals surface area contributed by atoms with E-state index >= 15 is 0 Å². The van der Waals surface area contributed by atoms with Gasteiger partial charge in [0.25, 0.3) is 0 Å². The molecular weight excluding hydrogens is 382 g/mol. The molecule has 2 aromatic heterocycles. The fraction of sp³-hybridized carbons (Fsp3) is 0.0370. The smallest absolute Gasteiger partial charge is 0.248 e. The molecule has 148 valence electrons. The van der Waals surface area contributed by atoms with Crippen molar-refractivity contribution < 1.29 is 4.42 Å². The van der Waals surface area contributed by atoms with Crippen LogP contribution in [0.15, 0.2) is 101 Å². The Balaban J connectivity index is 1.48. The zero-order valence-corrected chi connectivity index (χ0v) is 17.0. The molecule has 31 heavy (non-hydrogen) atoms. The minimum Gasteiger partial charge on any atom is -0.416 e. The molecule has 0 saturated heterocycles. The largest absolute Gasteiger partial charge is 0.416 e. The van der Waals surface area contributed by atoms with Crippen molar-refractivity contribution in [2.75, 3.05) is 0 Å². The van der Waals surface area contributed by atoms with Crippen LogP contribution < -0.4 is 0 Å². The Morgan fingerprint density at radius 1 is 0.613 bits per heavy atom. The fourth-order valence-electron chi connectivity index (χ4n) is 4.26. The Morgan fingerprint density at radius 2 is 1.19 bits per heavy atom. The minimum atomic E-state index is 0.524. The van der Waals surface area contributed by atoms with Crippen molar-refractivity contribution in [1.82, 2.24) is 14.8 Å². The van der Waals surface area contributed by atoms with Gasteiger partial charge in [-0.25, -0.2) is 0 Å². The van der Waals surface area contributed by atoms with E-state index in [0.29, 0.717) is 11.8 Å². The summed E-state index contributed by atoms with van der Waals surface area (Å²) < 4.78 is 8.28. The normalized spacial score (nSPS) is 11.4. The summed E-state index contributed by atoms with van der Waals surface area (Å²) in [6, 6.07) is 33.2. The maximum absolute atomic E-state index is 5.95. The third-order valence-electron chi connectivity index (χ3n) is 5.71. The molecule has 6 rings (SSSR count). The Bertz CT molecular complexity index is 1490. The zero-order valence-electron chi connectivity index (χ0n) is 17.0. The number of fused-ring (bicyclic) bond motifs is 3. The molecular formula is C27H19N3O. The van der Waals surface area contributed by atoms with Crippen molar-refractivity contribution in [3.63, 3.8) is 0 Å². The molecule has 0 aliphatic carbocycles. The molecule has 0 amide bonds. The predicted molar refractivity (Wildman–Crippen MR) is 124 cm³/mol. The highest BCUT2D eigenvalue weighted by atomic mass is 16.4. The maximum Gasteiger partial charge on any atom is 0.248 e. The van der Waals surface area contributed by atoms with Crippen LogP contribution in [0.25, 0.3) is 50.4 Å². The molecule has 0 saturated carbocycles. The molecule has 0 unspecified atom stereocenters. The van der Waals surface area contributed by atoms with E-state index in [1.165, 1.54) is 21.8 Å². The number of nitrogens with zero attached hydrogens (tertiary/aromatic N) is 3. The average molecular weight is 401 g/mol. The Morgan fingerprint density at radius 3 is 1.84 bits per heavy atom. The summed E-state index contributed by atoms with van der Waals surface area (Å²) >= 11 is 0. The molecule has 0 aliphatic heterocycles.